The third-order valence-corrected chi connectivity index (χ3v) is 2.58. The highest BCUT2D eigenvalue weighted by Gasteiger charge is 2.43. The first kappa shape index (κ1) is 21.1. The number of ether oxygens (including phenoxy) is 3. The molecule has 0 radical (unpaired) electrons. The Balaban J connectivity index is 4.97. The monoisotopic (exact) mass is 330 g/mol. The maximum absolute atomic E-state index is 12.0. The van der Waals surface area contributed by atoms with E-state index >= 15 is 0 Å². The van der Waals surface area contributed by atoms with Gasteiger partial charge in [-0.3, -0.25) is 9.59 Å². The Kier molecular flexibility index (Phi) is 9.89. The predicted molar refractivity (Wildman–Crippen MR) is 82.2 cm³/mol. The smallest absolute Gasteiger partial charge is 0.339 e. The molecule has 0 aliphatic carbocycles. The first-order chi connectivity index (χ1) is 10.7. The Bertz CT molecular complexity index is 438. The van der Waals surface area contributed by atoms with Crippen LogP contribution >= 0.6 is 0 Å². The number of esters is 3. The van der Waals surface area contributed by atoms with E-state index in [1.165, 1.54) is 6.26 Å². The zero-order chi connectivity index (χ0) is 17.9. The molecule has 1 N–H and O–H groups in total. The van der Waals surface area contributed by atoms with E-state index in [0.29, 0.717) is 12.8 Å². The summed E-state index contributed by atoms with van der Waals surface area (Å²) in [4.78, 5) is 35.4. The zero-order valence-electron chi connectivity index (χ0n) is 14.2. The summed E-state index contributed by atoms with van der Waals surface area (Å²) in [5.41, 5.74) is -1.56. The fraction of sp³-hybridized carbons (Fsp3) is 0.688. The van der Waals surface area contributed by atoms with Crippen molar-refractivity contribution in [3.8, 4) is 0 Å². The number of aliphatic hydroxyl groups is 1. The molecular formula is C16H26O7. The topological polar surface area (TPSA) is 99.1 Å². The van der Waals surface area contributed by atoms with Crippen molar-refractivity contribution in [1.82, 2.24) is 0 Å². The summed E-state index contributed by atoms with van der Waals surface area (Å²) in [6.07, 6.45) is 0.993. The largest absolute Gasteiger partial charge is 0.466 e. The first-order valence-corrected chi connectivity index (χ1v) is 7.63. The van der Waals surface area contributed by atoms with Crippen LogP contribution in [0.3, 0.4) is 0 Å². The normalized spacial score (nSPS) is 12.7. The van der Waals surface area contributed by atoms with Crippen LogP contribution in [0.4, 0.5) is 0 Å². The van der Waals surface area contributed by atoms with Crippen LogP contribution in [0.25, 0.3) is 0 Å². The summed E-state index contributed by atoms with van der Waals surface area (Å²) in [6.45, 7) is 7.28. The van der Waals surface area contributed by atoms with E-state index < -0.39 is 36.4 Å². The molecule has 23 heavy (non-hydrogen) atoms. The number of allylic oxidation sites excluding steroid dienone is 1. The minimum Gasteiger partial charge on any atom is -0.466 e. The van der Waals surface area contributed by atoms with Crippen LogP contribution in [-0.4, -0.2) is 41.8 Å². The van der Waals surface area contributed by atoms with Gasteiger partial charge in [-0.1, -0.05) is 13.8 Å². The van der Waals surface area contributed by atoms with Crippen LogP contribution in [-0.2, 0) is 28.6 Å². The fourth-order valence-corrected chi connectivity index (χ4v) is 1.51. The maximum Gasteiger partial charge on any atom is 0.339 e. The molecule has 0 saturated heterocycles. The van der Waals surface area contributed by atoms with Gasteiger partial charge in [-0.25, -0.2) is 4.79 Å². The third-order valence-electron chi connectivity index (χ3n) is 2.58. The molecule has 0 rings (SSSR count). The molecule has 0 fully saturated rings. The molecule has 132 valence electrons. The molecule has 0 aromatic rings. The molecule has 0 saturated carbocycles. The summed E-state index contributed by atoms with van der Waals surface area (Å²) in [7, 11) is 0. The van der Waals surface area contributed by atoms with Crippen molar-refractivity contribution in [1.29, 1.82) is 0 Å². The van der Waals surface area contributed by atoms with Crippen molar-refractivity contribution in [2.75, 3.05) is 13.2 Å². The maximum atomic E-state index is 12.0. The summed E-state index contributed by atoms with van der Waals surface area (Å²) in [5.74, 6) is -2.66. The van der Waals surface area contributed by atoms with E-state index in [1.54, 1.807) is 20.8 Å². The molecule has 0 amide bonds. The Morgan fingerprint density at radius 2 is 1.48 bits per heavy atom. The highest BCUT2D eigenvalue weighted by atomic mass is 16.6. The molecule has 1 atom stereocenters. The lowest BCUT2D eigenvalue weighted by Crippen LogP contribution is -2.44. The van der Waals surface area contributed by atoms with Crippen molar-refractivity contribution >= 4 is 17.9 Å². The summed E-state index contributed by atoms with van der Waals surface area (Å²) in [5, 5.41) is 10.4. The fourth-order valence-electron chi connectivity index (χ4n) is 1.51. The van der Waals surface area contributed by atoms with Crippen LogP contribution in [0.2, 0.25) is 0 Å². The molecule has 0 heterocycles. The quantitative estimate of drug-likeness (QED) is 0.371. The standard InChI is InChI=1S/C16H26O7/c1-5-7-21-13(17)9-16(20,15(19)22-8-6-2)10-14(18)23-11-12(3)4/h11,20H,5-10H2,1-4H3. The molecular weight excluding hydrogens is 304 g/mol. The van der Waals surface area contributed by atoms with Crippen LogP contribution in [0.1, 0.15) is 53.4 Å². The predicted octanol–water partition coefficient (Wildman–Crippen LogP) is 1.87. The number of rotatable bonds is 10. The van der Waals surface area contributed by atoms with Gasteiger partial charge in [0.25, 0.3) is 0 Å². The Morgan fingerprint density at radius 1 is 0.957 bits per heavy atom. The van der Waals surface area contributed by atoms with Gasteiger partial charge in [-0.2, -0.15) is 0 Å². The highest BCUT2D eigenvalue weighted by Crippen LogP contribution is 2.20. The van der Waals surface area contributed by atoms with Gasteiger partial charge in [-0.05, 0) is 32.3 Å². The second-order valence-electron chi connectivity index (χ2n) is 5.43. The second-order valence-corrected chi connectivity index (χ2v) is 5.43. The van der Waals surface area contributed by atoms with Gasteiger partial charge in [-0.15, -0.1) is 0 Å². The lowest BCUT2D eigenvalue weighted by atomic mass is 9.95. The van der Waals surface area contributed by atoms with Crippen LogP contribution in [0.5, 0.6) is 0 Å². The summed E-state index contributed by atoms with van der Waals surface area (Å²) < 4.78 is 14.5. The van der Waals surface area contributed by atoms with E-state index in [9.17, 15) is 19.5 Å². The third kappa shape index (κ3) is 8.97. The first-order valence-electron chi connectivity index (χ1n) is 7.63. The van der Waals surface area contributed by atoms with Crippen molar-refractivity contribution < 1.29 is 33.7 Å². The van der Waals surface area contributed by atoms with E-state index in [4.69, 9.17) is 14.2 Å². The molecule has 0 spiro atoms. The van der Waals surface area contributed by atoms with Crippen molar-refractivity contribution in [3.63, 3.8) is 0 Å². The Morgan fingerprint density at radius 3 is 2.00 bits per heavy atom. The second kappa shape index (κ2) is 10.8. The molecule has 0 aliphatic heterocycles. The molecule has 0 aromatic heterocycles. The van der Waals surface area contributed by atoms with Crippen LogP contribution < -0.4 is 0 Å². The van der Waals surface area contributed by atoms with Gasteiger partial charge < -0.3 is 19.3 Å². The molecule has 7 nitrogen and oxygen atoms in total. The highest BCUT2D eigenvalue weighted by molar-refractivity contribution is 5.90. The SMILES string of the molecule is CCCOC(=O)CC(O)(CC(=O)OC=C(C)C)C(=O)OCCC. The minimum absolute atomic E-state index is 0.0775. The number of hydrogen-bond donors (Lipinski definition) is 1. The summed E-state index contributed by atoms with van der Waals surface area (Å²) >= 11 is 0. The number of hydrogen-bond acceptors (Lipinski definition) is 7. The van der Waals surface area contributed by atoms with Crippen molar-refractivity contribution in [3.05, 3.63) is 11.8 Å². The van der Waals surface area contributed by atoms with Crippen molar-refractivity contribution in [2.24, 2.45) is 0 Å². The lowest BCUT2D eigenvalue weighted by molar-refractivity contribution is -0.176. The molecule has 7 heteroatoms. The Hall–Kier alpha value is -1.89. The van der Waals surface area contributed by atoms with E-state index in [1.807, 2.05) is 6.92 Å². The average molecular weight is 330 g/mol. The molecule has 0 aromatic carbocycles. The zero-order valence-corrected chi connectivity index (χ0v) is 14.2. The minimum atomic E-state index is -2.30. The average Bonchev–Trinajstić information content (AvgIpc) is 2.48. The molecule has 0 bridgehead atoms. The number of carbonyl (C=O) groups is 3. The van der Waals surface area contributed by atoms with Crippen LogP contribution in [0.15, 0.2) is 11.8 Å². The van der Waals surface area contributed by atoms with Crippen LogP contribution in [0, 0.1) is 0 Å². The Labute approximate surface area is 136 Å². The van der Waals surface area contributed by atoms with E-state index in [0.717, 1.165) is 5.57 Å². The van der Waals surface area contributed by atoms with Gasteiger partial charge in [0, 0.05) is 0 Å². The van der Waals surface area contributed by atoms with E-state index in [2.05, 4.69) is 0 Å². The van der Waals surface area contributed by atoms with E-state index in [-0.39, 0.29) is 13.2 Å². The van der Waals surface area contributed by atoms with Gasteiger partial charge in [0.2, 0.25) is 0 Å². The number of carbonyl (C=O) groups excluding carboxylic acids is 3. The van der Waals surface area contributed by atoms with Gasteiger partial charge in [0.05, 0.1) is 32.3 Å². The van der Waals surface area contributed by atoms with Crippen molar-refractivity contribution in [2.45, 2.75) is 59.0 Å². The van der Waals surface area contributed by atoms with Gasteiger partial charge in [0.1, 0.15) is 0 Å². The van der Waals surface area contributed by atoms with Gasteiger partial charge >= 0.3 is 17.9 Å². The molecule has 1 unspecified atom stereocenters. The molecule has 0 aliphatic rings. The van der Waals surface area contributed by atoms with Gasteiger partial charge in [0.15, 0.2) is 5.60 Å². The lowest BCUT2D eigenvalue weighted by Gasteiger charge is -2.23. The summed E-state index contributed by atoms with van der Waals surface area (Å²) in [6, 6.07) is 0.